The molecule has 0 bridgehead atoms. The third-order valence-corrected chi connectivity index (χ3v) is 4.11. The molecule has 130 valence electrons. The molecule has 1 aromatic rings. The summed E-state index contributed by atoms with van der Waals surface area (Å²) in [7, 11) is 0. The summed E-state index contributed by atoms with van der Waals surface area (Å²) in [6, 6.07) is 6.97. The van der Waals surface area contributed by atoms with Crippen LogP contribution in [0.5, 0.6) is 0 Å². The van der Waals surface area contributed by atoms with Crippen LogP contribution in [-0.4, -0.2) is 36.9 Å². The van der Waals surface area contributed by atoms with Gasteiger partial charge < -0.3 is 10.6 Å². The Morgan fingerprint density at radius 3 is 2.62 bits per heavy atom. The fourth-order valence-electron chi connectivity index (χ4n) is 2.79. The van der Waals surface area contributed by atoms with E-state index in [0.29, 0.717) is 23.8 Å². The number of amides is 3. The van der Waals surface area contributed by atoms with E-state index in [1.165, 1.54) is 5.01 Å². The van der Waals surface area contributed by atoms with Gasteiger partial charge in [0.25, 0.3) is 5.91 Å². The van der Waals surface area contributed by atoms with Gasteiger partial charge >= 0.3 is 0 Å². The van der Waals surface area contributed by atoms with Gasteiger partial charge in [0.05, 0.1) is 5.69 Å². The average molecular weight is 353 g/mol. The SMILES string of the molecule is Cl.O=C1CCC(=O)N(c2ccc(C(=O)NCC3CCCN3)cc2)N1. The summed E-state index contributed by atoms with van der Waals surface area (Å²) in [5.74, 6) is -0.483. The number of hydrogen-bond donors (Lipinski definition) is 3. The molecule has 2 aliphatic heterocycles. The average Bonchev–Trinajstić information content (AvgIpc) is 3.08. The summed E-state index contributed by atoms with van der Waals surface area (Å²) in [5, 5.41) is 7.46. The predicted molar refractivity (Wildman–Crippen MR) is 91.9 cm³/mol. The molecule has 8 heteroatoms. The van der Waals surface area contributed by atoms with Gasteiger partial charge in [-0.2, -0.15) is 0 Å². The number of hydrazine groups is 1. The number of rotatable bonds is 4. The molecule has 0 aromatic heterocycles. The maximum atomic E-state index is 12.1. The molecule has 0 aliphatic carbocycles. The standard InChI is InChI=1S/C16H20N4O3.ClH/c21-14-7-8-15(22)20(19-14)13-5-3-11(4-6-13)16(23)18-10-12-2-1-9-17-12;/h3-6,12,17H,1-2,7-10H2,(H,18,23)(H,19,21);1H. The van der Waals surface area contributed by atoms with Crippen LogP contribution >= 0.6 is 12.4 Å². The summed E-state index contributed by atoms with van der Waals surface area (Å²) < 4.78 is 0. The Bertz CT molecular complexity index is 614. The monoisotopic (exact) mass is 352 g/mol. The fourth-order valence-corrected chi connectivity index (χ4v) is 2.79. The van der Waals surface area contributed by atoms with Crippen LogP contribution in [0.3, 0.4) is 0 Å². The van der Waals surface area contributed by atoms with Gasteiger partial charge in [0, 0.05) is 31.0 Å². The zero-order valence-electron chi connectivity index (χ0n) is 13.2. The largest absolute Gasteiger partial charge is 0.350 e. The number of anilines is 1. The number of nitrogens with zero attached hydrogens (tertiary/aromatic N) is 1. The molecular weight excluding hydrogens is 332 g/mol. The molecule has 3 rings (SSSR count). The lowest BCUT2D eigenvalue weighted by Crippen LogP contribution is -2.50. The number of hydrogen-bond acceptors (Lipinski definition) is 4. The summed E-state index contributed by atoms with van der Waals surface area (Å²) >= 11 is 0. The fraction of sp³-hybridized carbons (Fsp3) is 0.438. The lowest BCUT2D eigenvalue weighted by atomic mass is 10.1. The van der Waals surface area contributed by atoms with Crippen molar-refractivity contribution in [3.63, 3.8) is 0 Å². The zero-order chi connectivity index (χ0) is 16.2. The van der Waals surface area contributed by atoms with Crippen LogP contribution in [-0.2, 0) is 9.59 Å². The first-order chi connectivity index (χ1) is 11.1. The van der Waals surface area contributed by atoms with Crippen LogP contribution in [0, 0.1) is 0 Å². The quantitative estimate of drug-likeness (QED) is 0.745. The minimum Gasteiger partial charge on any atom is -0.350 e. The Balaban J connectivity index is 0.00000208. The molecule has 7 nitrogen and oxygen atoms in total. The van der Waals surface area contributed by atoms with E-state index in [-0.39, 0.29) is 43.0 Å². The van der Waals surface area contributed by atoms with Crippen molar-refractivity contribution < 1.29 is 14.4 Å². The van der Waals surface area contributed by atoms with Crippen molar-refractivity contribution in [1.29, 1.82) is 0 Å². The number of halogens is 1. The van der Waals surface area contributed by atoms with Crippen molar-refractivity contribution in [2.75, 3.05) is 18.1 Å². The molecular formula is C16H21ClN4O3. The van der Waals surface area contributed by atoms with Gasteiger partial charge in [-0.05, 0) is 43.7 Å². The lowest BCUT2D eigenvalue weighted by molar-refractivity contribution is -0.130. The van der Waals surface area contributed by atoms with Crippen LogP contribution in [0.15, 0.2) is 24.3 Å². The topological polar surface area (TPSA) is 90.5 Å². The van der Waals surface area contributed by atoms with Crippen LogP contribution in [0.4, 0.5) is 5.69 Å². The first-order valence-corrected chi connectivity index (χ1v) is 7.87. The Labute approximate surface area is 146 Å². The highest BCUT2D eigenvalue weighted by molar-refractivity contribution is 6.01. The highest BCUT2D eigenvalue weighted by Gasteiger charge is 2.24. The molecule has 24 heavy (non-hydrogen) atoms. The molecule has 1 atom stereocenters. The van der Waals surface area contributed by atoms with E-state index in [0.717, 1.165) is 19.4 Å². The Morgan fingerprint density at radius 1 is 1.21 bits per heavy atom. The summed E-state index contributed by atoms with van der Waals surface area (Å²) in [5.41, 5.74) is 3.61. The van der Waals surface area contributed by atoms with Crippen molar-refractivity contribution in [3.05, 3.63) is 29.8 Å². The summed E-state index contributed by atoms with van der Waals surface area (Å²) in [4.78, 5) is 35.4. The van der Waals surface area contributed by atoms with Crippen molar-refractivity contribution in [2.24, 2.45) is 0 Å². The molecule has 2 fully saturated rings. The number of nitrogens with one attached hydrogen (secondary N) is 3. The number of benzene rings is 1. The Morgan fingerprint density at radius 2 is 1.96 bits per heavy atom. The van der Waals surface area contributed by atoms with Gasteiger partial charge in [-0.15, -0.1) is 12.4 Å². The minimum atomic E-state index is -0.185. The maximum absolute atomic E-state index is 12.1. The van der Waals surface area contributed by atoms with Crippen LogP contribution in [0.2, 0.25) is 0 Å². The van der Waals surface area contributed by atoms with Crippen molar-refractivity contribution >= 4 is 35.8 Å². The zero-order valence-corrected chi connectivity index (χ0v) is 14.0. The molecule has 2 aliphatic rings. The van der Waals surface area contributed by atoms with Crippen molar-refractivity contribution in [3.8, 4) is 0 Å². The van der Waals surface area contributed by atoms with Crippen LogP contribution in [0.25, 0.3) is 0 Å². The van der Waals surface area contributed by atoms with Crippen molar-refractivity contribution in [1.82, 2.24) is 16.1 Å². The highest BCUT2D eigenvalue weighted by atomic mass is 35.5. The number of carbonyl (C=O) groups is 3. The van der Waals surface area contributed by atoms with Gasteiger partial charge in [0.1, 0.15) is 0 Å². The second-order valence-electron chi connectivity index (χ2n) is 5.81. The molecule has 2 saturated heterocycles. The molecule has 0 spiro atoms. The lowest BCUT2D eigenvalue weighted by Gasteiger charge is -2.27. The Hall–Kier alpha value is -2.12. The number of carbonyl (C=O) groups excluding carboxylic acids is 3. The first-order valence-electron chi connectivity index (χ1n) is 7.87. The highest BCUT2D eigenvalue weighted by Crippen LogP contribution is 2.17. The molecule has 1 aromatic carbocycles. The van der Waals surface area contributed by atoms with E-state index in [2.05, 4.69) is 16.1 Å². The molecule has 0 saturated carbocycles. The van der Waals surface area contributed by atoms with Gasteiger partial charge in [-0.3, -0.25) is 19.8 Å². The first kappa shape index (κ1) is 18.2. The molecule has 3 N–H and O–H groups in total. The van der Waals surface area contributed by atoms with Gasteiger partial charge in [0.15, 0.2) is 0 Å². The maximum Gasteiger partial charge on any atom is 0.251 e. The van der Waals surface area contributed by atoms with Crippen LogP contribution < -0.4 is 21.1 Å². The third-order valence-electron chi connectivity index (χ3n) is 4.11. The minimum absolute atomic E-state index is 0. The van der Waals surface area contributed by atoms with E-state index in [4.69, 9.17) is 0 Å². The normalized spacial score (nSPS) is 20.3. The van der Waals surface area contributed by atoms with E-state index >= 15 is 0 Å². The second kappa shape index (κ2) is 8.12. The van der Waals surface area contributed by atoms with Crippen molar-refractivity contribution in [2.45, 2.75) is 31.7 Å². The third kappa shape index (κ3) is 4.24. The molecule has 3 amide bonds. The van der Waals surface area contributed by atoms with E-state index in [1.807, 2.05) is 0 Å². The van der Waals surface area contributed by atoms with Gasteiger partial charge in [0.2, 0.25) is 11.8 Å². The van der Waals surface area contributed by atoms with E-state index < -0.39 is 0 Å². The summed E-state index contributed by atoms with van der Waals surface area (Å²) in [6.45, 7) is 1.62. The van der Waals surface area contributed by atoms with Gasteiger partial charge in [-0.25, -0.2) is 5.01 Å². The van der Waals surface area contributed by atoms with Crippen LogP contribution in [0.1, 0.15) is 36.0 Å². The smallest absolute Gasteiger partial charge is 0.251 e. The van der Waals surface area contributed by atoms with E-state index in [9.17, 15) is 14.4 Å². The Kier molecular flexibility index (Phi) is 6.16. The molecule has 1 unspecified atom stereocenters. The second-order valence-corrected chi connectivity index (χ2v) is 5.81. The predicted octanol–water partition coefficient (Wildman–Crippen LogP) is 0.748. The molecule has 0 radical (unpaired) electrons. The summed E-state index contributed by atoms with van der Waals surface area (Å²) in [6.07, 6.45) is 2.63. The molecule has 2 heterocycles. The van der Waals surface area contributed by atoms with Gasteiger partial charge in [-0.1, -0.05) is 0 Å². The van der Waals surface area contributed by atoms with E-state index in [1.54, 1.807) is 24.3 Å².